The highest BCUT2D eigenvalue weighted by molar-refractivity contribution is 6.04. The number of halogens is 4. The molecule has 4 rings (SSSR count). The van der Waals surface area contributed by atoms with Crippen molar-refractivity contribution in [1.29, 1.82) is 0 Å². The largest absolute Gasteiger partial charge is 0.451 e. The number of benzene rings is 3. The number of aromatic nitrogens is 2. The molecule has 0 spiro atoms. The Morgan fingerprint density at radius 2 is 1.63 bits per heavy atom. The monoisotopic (exact) mass is 413 g/mol. The predicted molar refractivity (Wildman–Crippen MR) is 100 cm³/mol. The van der Waals surface area contributed by atoms with Gasteiger partial charge in [0, 0.05) is 30.1 Å². The first-order valence-electron chi connectivity index (χ1n) is 8.55. The lowest BCUT2D eigenvalue weighted by Crippen LogP contribution is -2.14. The second kappa shape index (κ2) is 7.78. The zero-order valence-electron chi connectivity index (χ0n) is 15.0. The Hall–Kier alpha value is -4.01. The number of amides is 1. The molecule has 0 aliphatic rings. The number of hydrogen-bond donors (Lipinski definition) is 1. The van der Waals surface area contributed by atoms with Crippen molar-refractivity contribution in [3.63, 3.8) is 0 Å². The van der Waals surface area contributed by atoms with Crippen molar-refractivity contribution in [1.82, 2.24) is 9.97 Å². The molecule has 3 aromatic carbocycles. The molecule has 0 aliphatic heterocycles. The number of carbonyl (C=O) groups is 1. The zero-order valence-corrected chi connectivity index (χ0v) is 15.0. The maximum absolute atomic E-state index is 14.8. The van der Waals surface area contributed by atoms with Crippen LogP contribution in [0.5, 0.6) is 11.5 Å². The number of carbonyl (C=O) groups excluding carboxylic acids is 1. The lowest BCUT2D eigenvalue weighted by molar-refractivity contribution is 0.102. The fourth-order valence-corrected chi connectivity index (χ4v) is 2.71. The van der Waals surface area contributed by atoms with E-state index in [0.29, 0.717) is 17.1 Å². The molecule has 4 aromatic rings. The van der Waals surface area contributed by atoms with Crippen molar-refractivity contribution in [2.24, 2.45) is 0 Å². The first-order valence-corrected chi connectivity index (χ1v) is 8.55. The van der Waals surface area contributed by atoms with E-state index in [4.69, 9.17) is 4.74 Å². The van der Waals surface area contributed by atoms with Gasteiger partial charge in [0.15, 0.2) is 11.6 Å². The van der Waals surface area contributed by atoms with Crippen LogP contribution in [0, 0.1) is 23.3 Å². The number of hydrogen-bond acceptors (Lipinski definition) is 4. The third kappa shape index (κ3) is 3.77. The van der Waals surface area contributed by atoms with E-state index in [1.807, 2.05) is 0 Å². The number of fused-ring (bicyclic) bond motifs is 1. The molecule has 1 heterocycles. The molecule has 30 heavy (non-hydrogen) atoms. The fraction of sp³-hybridized carbons (Fsp3) is 0. The van der Waals surface area contributed by atoms with Crippen molar-refractivity contribution in [2.45, 2.75) is 0 Å². The van der Waals surface area contributed by atoms with Gasteiger partial charge in [0.2, 0.25) is 11.6 Å². The zero-order chi connectivity index (χ0) is 21.3. The Morgan fingerprint density at radius 3 is 2.40 bits per heavy atom. The van der Waals surface area contributed by atoms with Crippen LogP contribution < -0.4 is 10.1 Å². The number of ether oxygens (including phenoxy) is 1. The van der Waals surface area contributed by atoms with Gasteiger partial charge in [0.25, 0.3) is 5.91 Å². The summed E-state index contributed by atoms with van der Waals surface area (Å²) in [6.45, 7) is 0. The van der Waals surface area contributed by atoms with Gasteiger partial charge in [-0.1, -0.05) is 6.07 Å². The van der Waals surface area contributed by atoms with Crippen LogP contribution in [-0.2, 0) is 0 Å². The summed E-state index contributed by atoms with van der Waals surface area (Å²) >= 11 is 0. The van der Waals surface area contributed by atoms with Gasteiger partial charge in [-0.2, -0.15) is 4.39 Å². The molecular weight excluding hydrogens is 402 g/mol. The van der Waals surface area contributed by atoms with Crippen LogP contribution in [0.15, 0.2) is 60.9 Å². The first-order chi connectivity index (χ1) is 14.4. The SMILES string of the molecule is O=C(Nc1cc(F)c(F)c(Oc2ccc3nccnc3c2)c1F)c1cccc(F)c1. The molecule has 1 aromatic heterocycles. The molecule has 0 fully saturated rings. The van der Waals surface area contributed by atoms with Crippen LogP contribution >= 0.6 is 0 Å². The van der Waals surface area contributed by atoms with E-state index >= 15 is 0 Å². The van der Waals surface area contributed by atoms with E-state index in [-0.39, 0.29) is 11.3 Å². The minimum atomic E-state index is -1.57. The van der Waals surface area contributed by atoms with Gasteiger partial charge in [-0.05, 0) is 30.3 Å². The van der Waals surface area contributed by atoms with Crippen LogP contribution in [0.1, 0.15) is 10.4 Å². The summed E-state index contributed by atoms with van der Waals surface area (Å²) in [7, 11) is 0. The minimum absolute atomic E-state index is 0.0196. The topological polar surface area (TPSA) is 64.1 Å². The number of anilines is 1. The van der Waals surface area contributed by atoms with Crippen LogP contribution in [0.25, 0.3) is 11.0 Å². The molecule has 0 saturated carbocycles. The third-order valence-corrected chi connectivity index (χ3v) is 4.11. The van der Waals surface area contributed by atoms with Crippen LogP contribution in [0.2, 0.25) is 0 Å². The average Bonchev–Trinajstić information content (AvgIpc) is 2.75. The molecule has 5 nitrogen and oxygen atoms in total. The van der Waals surface area contributed by atoms with Crippen molar-refractivity contribution in [2.75, 3.05) is 5.32 Å². The Morgan fingerprint density at radius 1 is 0.867 bits per heavy atom. The van der Waals surface area contributed by atoms with Crippen molar-refractivity contribution in [3.05, 3.63) is 89.8 Å². The molecule has 9 heteroatoms. The summed E-state index contributed by atoms with van der Waals surface area (Å²) in [4.78, 5) is 20.3. The van der Waals surface area contributed by atoms with Crippen molar-refractivity contribution in [3.8, 4) is 11.5 Å². The average molecular weight is 413 g/mol. The van der Waals surface area contributed by atoms with Gasteiger partial charge in [-0.3, -0.25) is 14.8 Å². The minimum Gasteiger partial charge on any atom is -0.451 e. The van der Waals surface area contributed by atoms with Crippen molar-refractivity contribution < 1.29 is 27.1 Å². The third-order valence-electron chi connectivity index (χ3n) is 4.11. The first kappa shape index (κ1) is 19.3. The van der Waals surface area contributed by atoms with E-state index in [2.05, 4.69) is 15.3 Å². The van der Waals surface area contributed by atoms with Crippen LogP contribution in [-0.4, -0.2) is 15.9 Å². The van der Waals surface area contributed by atoms with E-state index < -0.39 is 40.6 Å². The summed E-state index contributed by atoms with van der Waals surface area (Å²) in [5, 5.41) is 2.09. The number of rotatable bonds is 4. The lowest BCUT2D eigenvalue weighted by atomic mass is 10.2. The molecule has 0 unspecified atom stereocenters. The highest BCUT2D eigenvalue weighted by Gasteiger charge is 2.23. The van der Waals surface area contributed by atoms with Gasteiger partial charge in [-0.15, -0.1) is 0 Å². The maximum Gasteiger partial charge on any atom is 0.255 e. The predicted octanol–water partition coefficient (Wildman–Crippen LogP) is 5.23. The summed E-state index contributed by atoms with van der Waals surface area (Å²) in [5.74, 6) is -7.01. The molecule has 0 atom stereocenters. The maximum atomic E-state index is 14.8. The molecule has 0 bridgehead atoms. The Bertz CT molecular complexity index is 1280. The molecule has 1 N–H and O–H groups in total. The van der Waals surface area contributed by atoms with Gasteiger partial charge >= 0.3 is 0 Å². The standard InChI is InChI=1S/C21H11F4N3O2/c22-12-3-1-2-11(8-12)21(29)28-17-10-14(23)18(24)20(19(17)25)30-13-4-5-15-16(9-13)27-7-6-26-15/h1-10H,(H,28,29). The fourth-order valence-electron chi connectivity index (χ4n) is 2.71. The van der Waals surface area contributed by atoms with Gasteiger partial charge in [0.1, 0.15) is 11.6 Å². The second-order valence-corrected chi connectivity index (χ2v) is 6.14. The van der Waals surface area contributed by atoms with E-state index in [9.17, 15) is 22.4 Å². The summed E-state index contributed by atoms with van der Waals surface area (Å²) in [5.41, 5.74) is 0.119. The van der Waals surface area contributed by atoms with Crippen LogP contribution in [0.4, 0.5) is 23.2 Å². The number of nitrogens with zero attached hydrogens (tertiary/aromatic N) is 2. The molecule has 150 valence electrons. The molecule has 0 radical (unpaired) electrons. The van der Waals surface area contributed by atoms with E-state index in [0.717, 1.165) is 12.1 Å². The molecular formula is C21H11F4N3O2. The lowest BCUT2D eigenvalue weighted by Gasteiger charge is -2.13. The normalized spacial score (nSPS) is 10.8. The Kier molecular flexibility index (Phi) is 5.01. The quantitative estimate of drug-likeness (QED) is 0.368. The molecule has 1 amide bonds. The smallest absolute Gasteiger partial charge is 0.255 e. The van der Waals surface area contributed by atoms with Gasteiger partial charge in [0.05, 0.1) is 16.7 Å². The molecule has 0 aliphatic carbocycles. The summed E-state index contributed by atoms with van der Waals surface area (Å²) in [6.07, 6.45) is 2.90. The summed E-state index contributed by atoms with van der Waals surface area (Å²) in [6, 6.07) is 9.34. The summed E-state index contributed by atoms with van der Waals surface area (Å²) < 4.78 is 61.6. The van der Waals surface area contributed by atoms with Gasteiger partial charge < -0.3 is 10.1 Å². The van der Waals surface area contributed by atoms with Crippen LogP contribution in [0.3, 0.4) is 0 Å². The second-order valence-electron chi connectivity index (χ2n) is 6.14. The highest BCUT2D eigenvalue weighted by atomic mass is 19.2. The van der Waals surface area contributed by atoms with Gasteiger partial charge in [-0.25, -0.2) is 13.2 Å². The number of nitrogens with one attached hydrogen (secondary N) is 1. The molecule has 0 saturated heterocycles. The van der Waals surface area contributed by atoms with E-state index in [1.54, 1.807) is 0 Å². The Labute approximate surface area is 167 Å². The van der Waals surface area contributed by atoms with Crippen molar-refractivity contribution >= 4 is 22.6 Å². The van der Waals surface area contributed by atoms with E-state index in [1.165, 1.54) is 42.7 Å². The Balaban J connectivity index is 1.68. The highest BCUT2D eigenvalue weighted by Crippen LogP contribution is 2.34.